The van der Waals surface area contributed by atoms with E-state index in [1.165, 1.54) is 24.3 Å². The Morgan fingerprint density at radius 1 is 1.58 bits per heavy atom. The SMILES string of the molecule is O=C=Nc1ccc(Cl)c(CF)c1. The lowest BCUT2D eigenvalue weighted by Gasteiger charge is -1.98. The van der Waals surface area contributed by atoms with Crippen molar-refractivity contribution in [1.82, 2.24) is 0 Å². The Balaban J connectivity index is 3.13. The summed E-state index contributed by atoms with van der Waals surface area (Å²) in [5.74, 6) is 0. The highest BCUT2D eigenvalue weighted by molar-refractivity contribution is 6.31. The molecule has 0 spiro atoms. The highest BCUT2D eigenvalue weighted by Gasteiger charge is 2.00. The van der Waals surface area contributed by atoms with Crippen LogP contribution in [0.15, 0.2) is 23.2 Å². The quantitative estimate of drug-likeness (QED) is 0.515. The number of hydrogen-bond donors (Lipinski definition) is 0. The number of alkyl halides is 1. The number of rotatable bonds is 2. The van der Waals surface area contributed by atoms with E-state index in [4.69, 9.17) is 11.6 Å². The third kappa shape index (κ3) is 1.91. The van der Waals surface area contributed by atoms with E-state index in [9.17, 15) is 9.18 Å². The molecule has 1 rings (SSSR count). The lowest BCUT2D eigenvalue weighted by atomic mass is 10.2. The van der Waals surface area contributed by atoms with Crippen molar-refractivity contribution in [2.45, 2.75) is 6.67 Å². The summed E-state index contributed by atoms with van der Waals surface area (Å²) in [6.45, 7) is -0.666. The van der Waals surface area contributed by atoms with Crippen LogP contribution in [0, 0.1) is 0 Å². The normalized spacial score (nSPS) is 9.17. The van der Waals surface area contributed by atoms with Gasteiger partial charge in [0.15, 0.2) is 0 Å². The Kier molecular flexibility index (Phi) is 2.97. The molecule has 0 unspecified atom stereocenters. The first-order valence-corrected chi connectivity index (χ1v) is 3.58. The second-order valence-corrected chi connectivity index (χ2v) is 2.52. The Labute approximate surface area is 73.7 Å². The van der Waals surface area contributed by atoms with Crippen LogP contribution in [0.2, 0.25) is 5.02 Å². The molecule has 0 N–H and O–H groups in total. The molecule has 0 saturated carbocycles. The zero-order chi connectivity index (χ0) is 8.97. The highest BCUT2D eigenvalue weighted by atomic mass is 35.5. The smallest absolute Gasteiger partial charge is 0.240 e. The second kappa shape index (κ2) is 4.00. The molecule has 1 aromatic carbocycles. The van der Waals surface area contributed by atoms with Crippen LogP contribution in [0.3, 0.4) is 0 Å². The fourth-order valence-electron chi connectivity index (χ4n) is 0.786. The molecule has 0 atom stereocenters. The van der Waals surface area contributed by atoms with Gasteiger partial charge < -0.3 is 0 Å². The molecule has 1 aromatic rings. The van der Waals surface area contributed by atoms with Crippen LogP contribution >= 0.6 is 11.6 Å². The topological polar surface area (TPSA) is 29.4 Å². The van der Waals surface area contributed by atoms with E-state index >= 15 is 0 Å². The van der Waals surface area contributed by atoms with Crippen LogP contribution < -0.4 is 0 Å². The minimum atomic E-state index is -0.666. The number of isocyanates is 1. The van der Waals surface area contributed by atoms with Gasteiger partial charge in [-0.05, 0) is 18.2 Å². The van der Waals surface area contributed by atoms with E-state index in [1.54, 1.807) is 0 Å². The number of halogens is 2. The standard InChI is InChI=1S/C8H5ClFNO/c9-8-2-1-7(11-5-12)3-6(8)4-10/h1-3H,4H2. The first-order valence-electron chi connectivity index (χ1n) is 3.20. The lowest BCUT2D eigenvalue weighted by molar-refractivity contribution is 0.485. The van der Waals surface area contributed by atoms with Crippen molar-refractivity contribution in [2.75, 3.05) is 0 Å². The molecule has 0 bridgehead atoms. The summed E-state index contributed by atoms with van der Waals surface area (Å²) in [5, 5.41) is 0.336. The van der Waals surface area contributed by atoms with Crippen LogP contribution in [0.1, 0.15) is 5.56 Å². The molecule has 4 heteroatoms. The summed E-state index contributed by atoms with van der Waals surface area (Å²) in [5.41, 5.74) is 0.690. The summed E-state index contributed by atoms with van der Waals surface area (Å²) in [6.07, 6.45) is 1.36. The van der Waals surface area contributed by atoms with Crippen LogP contribution in [-0.2, 0) is 11.5 Å². The van der Waals surface area contributed by atoms with Gasteiger partial charge in [-0.3, -0.25) is 0 Å². The maximum atomic E-state index is 12.2. The molecule has 0 radical (unpaired) electrons. The van der Waals surface area contributed by atoms with Gasteiger partial charge in [0.2, 0.25) is 6.08 Å². The Morgan fingerprint density at radius 2 is 2.33 bits per heavy atom. The molecule has 0 aliphatic heterocycles. The fourth-order valence-corrected chi connectivity index (χ4v) is 0.954. The van der Waals surface area contributed by atoms with Gasteiger partial charge in [0.25, 0.3) is 0 Å². The third-order valence-corrected chi connectivity index (χ3v) is 1.72. The van der Waals surface area contributed by atoms with E-state index in [0.717, 1.165) is 0 Å². The maximum Gasteiger partial charge on any atom is 0.240 e. The zero-order valence-electron chi connectivity index (χ0n) is 6.05. The molecular weight excluding hydrogens is 181 g/mol. The molecule has 2 nitrogen and oxygen atoms in total. The molecule has 0 amide bonds. The summed E-state index contributed by atoms with van der Waals surface area (Å²) in [7, 11) is 0. The van der Waals surface area contributed by atoms with Crippen molar-refractivity contribution < 1.29 is 9.18 Å². The van der Waals surface area contributed by atoms with E-state index in [0.29, 0.717) is 16.3 Å². The molecule has 0 aromatic heterocycles. The van der Waals surface area contributed by atoms with Crippen LogP contribution in [0.25, 0.3) is 0 Å². The largest absolute Gasteiger partial charge is 0.246 e. The fraction of sp³-hybridized carbons (Fsp3) is 0.125. The molecule has 0 aliphatic rings. The van der Waals surface area contributed by atoms with Crippen molar-refractivity contribution in [1.29, 1.82) is 0 Å². The van der Waals surface area contributed by atoms with Gasteiger partial charge in [-0.15, -0.1) is 0 Å². The minimum Gasteiger partial charge on any atom is -0.246 e. The molecule has 0 saturated heterocycles. The number of benzene rings is 1. The third-order valence-electron chi connectivity index (χ3n) is 1.35. The van der Waals surface area contributed by atoms with Gasteiger partial charge in [-0.1, -0.05) is 11.6 Å². The van der Waals surface area contributed by atoms with Crippen molar-refractivity contribution >= 4 is 23.4 Å². The second-order valence-electron chi connectivity index (χ2n) is 2.11. The minimum absolute atomic E-state index is 0.327. The molecule has 0 heterocycles. The predicted octanol–water partition coefficient (Wildman–Crippen LogP) is 2.78. The first kappa shape index (κ1) is 8.91. The molecular formula is C8H5ClFNO. The Morgan fingerprint density at radius 3 is 2.92 bits per heavy atom. The van der Waals surface area contributed by atoms with Crippen LogP contribution in [0.5, 0.6) is 0 Å². The van der Waals surface area contributed by atoms with E-state index in [2.05, 4.69) is 4.99 Å². The van der Waals surface area contributed by atoms with Gasteiger partial charge in [0.05, 0.1) is 5.69 Å². The summed E-state index contributed by atoms with van der Waals surface area (Å²) < 4.78 is 12.2. The highest BCUT2D eigenvalue weighted by Crippen LogP contribution is 2.22. The zero-order valence-corrected chi connectivity index (χ0v) is 6.81. The van der Waals surface area contributed by atoms with E-state index in [1.807, 2.05) is 0 Å². The molecule has 0 fully saturated rings. The van der Waals surface area contributed by atoms with Crippen molar-refractivity contribution in [2.24, 2.45) is 4.99 Å². The molecule has 12 heavy (non-hydrogen) atoms. The Hall–Kier alpha value is -1.18. The monoisotopic (exact) mass is 185 g/mol. The van der Waals surface area contributed by atoms with Crippen LogP contribution in [0.4, 0.5) is 10.1 Å². The summed E-state index contributed by atoms with van der Waals surface area (Å²) in [6, 6.07) is 4.42. The predicted molar refractivity (Wildman–Crippen MR) is 44.0 cm³/mol. The van der Waals surface area contributed by atoms with E-state index in [-0.39, 0.29) is 0 Å². The molecule has 62 valence electrons. The molecule has 0 aliphatic carbocycles. The number of nitrogens with zero attached hydrogens (tertiary/aromatic N) is 1. The number of carbonyl (C=O) groups excluding carboxylic acids is 1. The van der Waals surface area contributed by atoms with Gasteiger partial charge in [0, 0.05) is 10.6 Å². The lowest BCUT2D eigenvalue weighted by Crippen LogP contribution is -1.79. The van der Waals surface area contributed by atoms with Crippen molar-refractivity contribution in [3.8, 4) is 0 Å². The van der Waals surface area contributed by atoms with E-state index < -0.39 is 6.67 Å². The van der Waals surface area contributed by atoms with Crippen LogP contribution in [-0.4, -0.2) is 6.08 Å². The number of hydrogen-bond acceptors (Lipinski definition) is 2. The van der Waals surface area contributed by atoms with Crippen molar-refractivity contribution in [3.63, 3.8) is 0 Å². The summed E-state index contributed by atoms with van der Waals surface area (Å²) >= 11 is 5.62. The average molecular weight is 186 g/mol. The van der Waals surface area contributed by atoms with Gasteiger partial charge >= 0.3 is 0 Å². The Bertz CT molecular complexity index is 334. The number of aliphatic imine (C=N–C) groups is 1. The van der Waals surface area contributed by atoms with Gasteiger partial charge in [-0.25, -0.2) is 9.18 Å². The van der Waals surface area contributed by atoms with Crippen molar-refractivity contribution in [3.05, 3.63) is 28.8 Å². The maximum absolute atomic E-state index is 12.2. The first-order chi connectivity index (χ1) is 5.77. The average Bonchev–Trinajstić information content (AvgIpc) is 2.09. The van der Waals surface area contributed by atoms with Gasteiger partial charge in [0.1, 0.15) is 6.67 Å². The van der Waals surface area contributed by atoms with Gasteiger partial charge in [-0.2, -0.15) is 4.99 Å². The summed E-state index contributed by atoms with van der Waals surface area (Å²) in [4.78, 5) is 13.2.